The third-order valence-electron chi connectivity index (χ3n) is 4.50. The normalized spacial score (nSPS) is 10.4. The highest BCUT2D eigenvalue weighted by Crippen LogP contribution is 2.22. The van der Waals surface area contributed by atoms with Gasteiger partial charge < -0.3 is 9.64 Å². The number of thiophene rings is 1. The van der Waals surface area contributed by atoms with Crippen molar-refractivity contribution in [3.63, 3.8) is 0 Å². The molecule has 0 spiro atoms. The molecule has 3 aromatic rings. The number of Topliss-reactive ketones (excluding diaryl/α,β-unsaturated/α-hetero) is 1. The smallest absolute Gasteiger partial charge is 0.339 e. The number of hydrogen-bond acceptors (Lipinski definition) is 5. The molecule has 0 saturated heterocycles. The maximum Gasteiger partial charge on any atom is 0.339 e. The maximum absolute atomic E-state index is 12.9. The minimum absolute atomic E-state index is 0.131. The van der Waals surface area contributed by atoms with E-state index in [9.17, 15) is 14.4 Å². The first-order valence-electron chi connectivity index (χ1n) is 9.08. The van der Waals surface area contributed by atoms with Gasteiger partial charge in [-0.1, -0.05) is 30.3 Å². The molecule has 0 fully saturated rings. The minimum atomic E-state index is -0.701. The quantitative estimate of drug-likeness (QED) is 0.440. The van der Waals surface area contributed by atoms with Crippen LogP contribution in [0, 0.1) is 13.8 Å². The largest absolute Gasteiger partial charge is 0.454 e. The van der Waals surface area contributed by atoms with Gasteiger partial charge in [0.05, 0.1) is 11.1 Å². The summed E-state index contributed by atoms with van der Waals surface area (Å²) in [4.78, 5) is 41.3. The topological polar surface area (TPSA) is 63.7 Å². The fourth-order valence-electron chi connectivity index (χ4n) is 2.99. The summed E-state index contributed by atoms with van der Waals surface area (Å²) >= 11 is 1.52. The van der Waals surface area contributed by atoms with Gasteiger partial charge in [-0.2, -0.15) is 0 Å². The highest BCUT2D eigenvalue weighted by molar-refractivity contribution is 7.12. The number of para-hydroxylation sites is 1. The van der Waals surface area contributed by atoms with Crippen molar-refractivity contribution < 1.29 is 19.1 Å². The number of hydrogen-bond donors (Lipinski definition) is 0. The van der Waals surface area contributed by atoms with Crippen LogP contribution in [0.3, 0.4) is 0 Å². The van der Waals surface area contributed by atoms with Crippen molar-refractivity contribution in [3.05, 3.63) is 87.1 Å². The fraction of sp³-hybridized carbons (Fsp3) is 0.174. The molecule has 6 heteroatoms. The van der Waals surface area contributed by atoms with Crippen LogP contribution in [0.1, 0.15) is 40.8 Å². The Bertz CT molecular complexity index is 1060. The van der Waals surface area contributed by atoms with Gasteiger partial charge in [0.25, 0.3) is 5.91 Å². The molecule has 0 atom stereocenters. The van der Waals surface area contributed by atoms with Crippen molar-refractivity contribution in [2.45, 2.75) is 13.8 Å². The number of ether oxygens (including phenoxy) is 1. The number of nitrogens with zero attached hydrogens (tertiary/aromatic N) is 1. The van der Waals surface area contributed by atoms with Gasteiger partial charge in [0.1, 0.15) is 0 Å². The Balaban J connectivity index is 1.76. The summed E-state index contributed by atoms with van der Waals surface area (Å²) in [5.74, 6) is -1.29. The van der Waals surface area contributed by atoms with Crippen LogP contribution in [0.25, 0.3) is 0 Å². The molecular formula is C23H21NO4S. The Kier molecular flexibility index (Phi) is 6.24. The maximum atomic E-state index is 12.9. The zero-order valence-electron chi connectivity index (χ0n) is 16.5. The molecule has 3 rings (SSSR count). The van der Waals surface area contributed by atoms with E-state index in [1.807, 2.05) is 44.2 Å². The van der Waals surface area contributed by atoms with Crippen LogP contribution in [0.15, 0.2) is 60.7 Å². The monoisotopic (exact) mass is 407 g/mol. The first-order valence-corrected chi connectivity index (χ1v) is 9.89. The van der Waals surface area contributed by atoms with E-state index < -0.39 is 5.97 Å². The average Bonchev–Trinajstić information content (AvgIpc) is 3.09. The van der Waals surface area contributed by atoms with Crippen LogP contribution in [-0.2, 0) is 4.74 Å². The number of amides is 1. The van der Waals surface area contributed by atoms with Gasteiger partial charge in [0, 0.05) is 28.1 Å². The summed E-state index contributed by atoms with van der Waals surface area (Å²) in [6, 6.07) is 17.4. The minimum Gasteiger partial charge on any atom is -0.454 e. The van der Waals surface area contributed by atoms with Gasteiger partial charge in [-0.15, -0.1) is 11.3 Å². The van der Waals surface area contributed by atoms with E-state index in [-0.39, 0.29) is 29.4 Å². The van der Waals surface area contributed by atoms with Crippen molar-refractivity contribution in [2.24, 2.45) is 0 Å². The van der Waals surface area contributed by atoms with E-state index in [0.717, 1.165) is 9.75 Å². The lowest BCUT2D eigenvalue weighted by atomic mass is 10.1. The lowest BCUT2D eigenvalue weighted by Crippen LogP contribution is -2.28. The molecule has 5 nitrogen and oxygen atoms in total. The molecule has 2 aromatic carbocycles. The highest BCUT2D eigenvalue weighted by Gasteiger charge is 2.22. The van der Waals surface area contributed by atoms with Gasteiger partial charge in [-0.25, -0.2) is 4.79 Å². The predicted molar refractivity (Wildman–Crippen MR) is 114 cm³/mol. The molecule has 0 radical (unpaired) electrons. The molecule has 29 heavy (non-hydrogen) atoms. The lowest BCUT2D eigenvalue weighted by Gasteiger charge is -2.18. The zero-order valence-corrected chi connectivity index (χ0v) is 17.3. The number of ketones is 1. The zero-order chi connectivity index (χ0) is 21.0. The van der Waals surface area contributed by atoms with Gasteiger partial charge in [-0.05, 0) is 44.2 Å². The molecule has 0 aliphatic carbocycles. The number of carbonyl (C=O) groups is 3. The van der Waals surface area contributed by atoms with E-state index in [4.69, 9.17) is 4.74 Å². The van der Waals surface area contributed by atoms with Gasteiger partial charge in [0.15, 0.2) is 6.61 Å². The Morgan fingerprint density at radius 2 is 1.52 bits per heavy atom. The number of aryl methyl sites for hydroxylation is 2. The van der Waals surface area contributed by atoms with Crippen LogP contribution < -0.4 is 4.90 Å². The fourth-order valence-corrected chi connectivity index (χ4v) is 3.93. The molecule has 148 valence electrons. The first kappa shape index (κ1) is 20.5. The van der Waals surface area contributed by atoms with E-state index in [1.54, 1.807) is 31.3 Å². The molecule has 1 amide bonds. The summed E-state index contributed by atoms with van der Waals surface area (Å²) in [7, 11) is 1.64. The summed E-state index contributed by atoms with van der Waals surface area (Å²) in [5, 5.41) is 0. The molecule has 0 aliphatic heterocycles. The van der Waals surface area contributed by atoms with Gasteiger partial charge >= 0.3 is 5.97 Å². The third-order valence-corrected chi connectivity index (χ3v) is 5.47. The van der Waals surface area contributed by atoms with Crippen molar-refractivity contribution >= 4 is 34.7 Å². The molecule has 1 heterocycles. The molecular weight excluding hydrogens is 386 g/mol. The standard InChI is InChI=1S/C23H21NO4S/c1-15-13-20(16(2)29-15)21(25)14-28-23(27)19-12-8-7-11-18(19)22(26)24(3)17-9-5-4-6-10-17/h4-13H,14H2,1-3H3. The second kappa shape index (κ2) is 8.84. The first-order chi connectivity index (χ1) is 13.9. The van der Waals surface area contributed by atoms with Crippen LogP contribution in [0.5, 0.6) is 0 Å². The van der Waals surface area contributed by atoms with E-state index in [1.165, 1.54) is 22.3 Å². The summed E-state index contributed by atoms with van der Waals surface area (Å²) in [6.45, 7) is 3.42. The Morgan fingerprint density at radius 1 is 0.897 bits per heavy atom. The van der Waals surface area contributed by atoms with Crippen LogP contribution in [0.4, 0.5) is 5.69 Å². The number of rotatable bonds is 6. The van der Waals surface area contributed by atoms with Gasteiger partial charge in [0.2, 0.25) is 5.78 Å². The summed E-state index contributed by atoms with van der Waals surface area (Å²) < 4.78 is 5.23. The lowest BCUT2D eigenvalue weighted by molar-refractivity contribution is 0.0472. The Hall–Kier alpha value is -3.25. The van der Waals surface area contributed by atoms with Crippen LogP contribution in [-0.4, -0.2) is 31.3 Å². The molecule has 1 aromatic heterocycles. The number of esters is 1. The molecule has 0 bridgehead atoms. The SMILES string of the molecule is Cc1cc(C(=O)COC(=O)c2ccccc2C(=O)N(C)c2ccccc2)c(C)s1. The Labute approximate surface area is 173 Å². The number of carbonyl (C=O) groups excluding carboxylic acids is 3. The second-order valence-corrected chi connectivity index (χ2v) is 8.03. The predicted octanol–water partition coefficient (Wildman–Crippen LogP) is 4.68. The van der Waals surface area contributed by atoms with Crippen LogP contribution in [0.2, 0.25) is 0 Å². The van der Waals surface area contributed by atoms with Crippen molar-refractivity contribution in [2.75, 3.05) is 18.6 Å². The second-order valence-electron chi connectivity index (χ2n) is 6.57. The summed E-state index contributed by atoms with van der Waals surface area (Å²) in [6.07, 6.45) is 0. The Morgan fingerprint density at radius 3 is 2.14 bits per heavy atom. The third kappa shape index (κ3) is 4.60. The van der Waals surface area contributed by atoms with E-state index in [0.29, 0.717) is 11.3 Å². The number of anilines is 1. The molecule has 0 aliphatic rings. The van der Waals surface area contributed by atoms with Crippen LogP contribution >= 0.6 is 11.3 Å². The van der Waals surface area contributed by atoms with E-state index >= 15 is 0 Å². The average molecular weight is 407 g/mol. The van der Waals surface area contributed by atoms with Gasteiger partial charge in [-0.3, -0.25) is 9.59 Å². The van der Waals surface area contributed by atoms with Crippen molar-refractivity contribution in [3.8, 4) is 0 Å². The highest BCUT2D eigenvalue weighted by atomic mass is 32.1. The van der Waals surface area contributed by atoms with E-state index in [2.05, 4.69) is 0 Å². The molecule has 0 unspecified atom stereocenters. The summed E-state index contributed by atoms with van der Waals surface area (Å²) in [5.41, 5.74) is 1.62. The molecule has 0 saturated carbocycles. The number of benzene rings is 2. The van der Waals surface area contributed by atoms with Crippen molar-refractivity contribution in [1.29, 1.82) is 0 Å². The van der Waals surface area contributed by atoms with Crippen molar-refractivity contribution in [1.82, 2.24) is 0 Å². The molecule has 0 N–H and O–H groups in total.